The van der Waals surface area contributed by atoms with Crippen LogP contribution in [0.2, 0.25) is 0 Å². The van der Waals surface area contributed by atoms with E-state index in [9.17, 15) is 27.6 Å². The molecule has 43 heavy (non-hydrogen) atoms. The number of rotatable bonds is 10. The van der Waals surface area contributed by atoms with Gasteiger partial charge in [0.2, 0.25) is 5.91 Å². The molecule has 2 aliphatic heterocycles. The van der Waals surface area contributed by atoms with Crippen molar-refractivity contribution in [1.82, 2.24) is 15.3 Å². The maximum Gasteiger partial charge on any atom is 0.492 e. The largest absolute Gasteiger partial charge is 0.494 e. The molecule has 3 rings (SSSR count). The first-order chi connectivity index (χ1) is 20.2. The number of halogens is 3. The fourth-order valence-electron chi connectivity index (χ4n) is 5.47. The van der Waals surface area contributed by atoms with Crippen LogP contribution in [0.5, 0.6) is 5.75 Å². The van der Waals surface area contributed by atoms with Crippen molar-refractivity contribution in [3.63, 3.8) is 0 Å². The highest BCUT2D eigenvalue weighted by molar-refractivity contribution is 5.93. The van der Waals surface area contributed by atoms with Crippen molar-refractivity contribution < 1.29 is 37.1 Å². The molecule has 1 aromatic carbocycles. The van der Waals surface area contributed by atoms with Gasteiger partial charge in [-0.05, 0) is 81.0 Å². The molecule has 0 radical (unpaired) electrons. The van der Waals surface area contributed by atoms with E-state index in [1.807, 2.05) is 20.8 Å². The number of urea groups is 1. The summed E-state index contributed by atoms with van der Waals surface area (Å²) in [6.07, 6.45) is -1.10. The van der Waals surface area contributed by atoms with Crippen LogP contribution in [-0.2, 0) is 14.4 Å². The van der Waals surface area contributed by atoms with E-state index in [0.29, 0.717) is 60.8 Å². The number of nitrogens with one attached hydrogen (secondary N) is 1. The van der Waals surface area contributed by atoms with Crippen LogP contribution in [0.1, 0.15) is 77.0 Å². The molecule has 3 amide bonds. The summed E-state index contributed by atoms with van der Waals surface area (Å²) in [7, 11) is 0. The normalized spacial score (nSPS) is 19.8. The standard InChI is InChI=1S/C30H44F3N5O5/c1-18(2)26(34)35-29(41)37-14-10-22(11-15-37)19(3)12-16-42-23-8-9-24(20(4)17-23)25(36-43-28(40)30(31,32)33)27(39)38-13-6-7-21(38)5/h8-9,17-19,21-22,25,36H,6-7,10-16H2,1-5H3,(H2,34,35,41)/t19-,21-,25+/m1/s1. The topological polar surface area (TPSA) is 127 Å². The molecule has 1 aromatic rings. The van der Waals surface area contributed by atoms with Gasteiger partial charge >= 0.3 is 18.2 Å². The number of benzene rings is 1. The molecule has 0 aromatic heterocycles. The Bertz CT molecular complexity index is 1170. The Kier molecular flexibility index (Phi) is 11.8. The van der Waals surface area contributed by atoms with Gasteiger partial charge in [-0.25, -0.2) is 9.59 Å². The third-order valence-electron chi connectivity index (χ3n) is 8.41. The van der Waals surface area contributed by atoms with E-state index in [4.69, 9.17) is 10.5 Å². The first-order valence-electron chi connectivity index (χ1n) is 14.9. The number of nitrogens with zero attached hydrogens (tertiary/aromatic N) is 3. The predicted octanol–water partition coefficient (Wildman–Crippen LogP) is 4.91. The Labute approximate surface area is 251 Å². The van der Waals surface area contributed by atoms with Crippen molar-refractivity contribution in [2.75, 3.05) is 26.2 Å². The second-order valence-electron chi connectivity index (χ2n) is 11.9. The van der Waals surface area contributed by atoms with E-state index in [1.165, 1.54) is 0 Å². The summed E-state index contributed by atoms with van der Waals surface area (Å²) in [6.45, 7) is 11.7. The molecule has 3 atom stereocenters. The van der Waals surface area contributed by atoms with E-state index in [0.717, 1.165) is 32.1 Å². The minimum atomic E-state index is -5.20. The first-order valence-corrected chi connectivity index (χ1v) is 14.9. The van der Waals surface area contributed by atoms with Gasteiger partial charge in [-0.3, -0.25) is 4.79 Å². The van der Waals surface area contributed by atoms with Gasteiger partial charge in [0.15, 0.2) is 0 Å². The number of ether oxygens (including phenoxy) is 1. The number of hydrogen-bond donors (Lipinski definition) is 2. The van der Waals surface area contributed by atoms with Crippen LogP contribution in [0, 0.1) is 24.7 Å². The third-order valence-corrected chi connectivity index (χ3v) is 8.41. The summed E-state index contributed by atoms with van der Waals surface area (Å²) < 4.78 is 44.3. The van der Waals surface area contributed by atoms with Crippen molar-refractivity contribution in [1.29, 1.82) is 0 Å². The molecule has 0 unspecified atom stereocenters. The zero-order valence-electron chi connectivity index (χ0n) is 25.6. The Balaban J connectivity index is 1.57. The lowest BCUT2D eigenvalue weighted by atomic mass is 9.84. The minimum Gasteiger partial charge on any atom is -0.494 e. The predicted molar refractivity (Wildman–Crippen MR) is 155 cm³/mol. The molecule has 2 saturated heterocycles. The summed E-state index contributed by atoms with van der Waals surface area (Å²) in [5, 5.41) is 0. The van der Waals surface area contributed by atoms with Gasteiger partial charge in [-0.15, -0.1) is 5.48 Å². The van der Waals surface area contributed by atoms with Gasteiger partial charge in [0, 0.05) is 31.6 Å². The highest BCUT2D eigenvalue weighted by atomic mass is 19.4. The average Bonchev–Trinajstić information content (AvgIpc) is 3.38. The minimum absolute atomic E-state index is 0.0174. The van der Waals surface area contributed by atoms with Gasteiger partial charge < -0.3 is 25.1 Å². The summed E-state index contributed by atoms with van der Waals surface area (Å²) >= 11 is 0. The number of aliphatic imine (C=N–C) groups is 1. The van der Waals surface area contributed by atoms with Crippen LogP contribution in [0.4, 0.5) is 18.0 Å². The number of likely N-dealkylation sites (tertiary alicyclic amines) is 2. The lowest BCUT2D eigenvalue weighted by Crippen LogP contribution is -2.44. The van der Waals surface area contributed by atoms with Crippen LogP contribution >= 0.6 is 0 Å². The number of amides is 3. The number of alkyl halides is 3. The van der Waals surface area contributed by atoms with Gasteiger partial charge in [0.05, 0.1) is 6.61 Å². The number of aryl methyl sites for hydroxylation is 1. The van der Waals surface area contributed by atoms with E-state index in [-0.39, 0.29) is 18.0 Å². The van der Waals surface area contributed by atoms with Crippen molar-refractivity contribution in [3.8, 4) is 5.75 Å². The van der Waals surface area contributed by atoms with E-state index >= 15 is 0 Å². The molecule has 0 saturated carbocycles. The number of carbonyl (C=O) groups is 3. The molecule has 0 spiro atoms. The van der Waals surface area contributed by atoms with Crippen LogP contribution in [0.15, 0.2) is 23.2 Å². The zero-order valence-corrected chi connectivity index (χ0v) is 25.6. The van der Waals surface area contributed by atoms with Gasteiger partial charge in [-0.2, -0.15) is 18.2 Å². The Morgan fingerprint density at radius 2 is 1.79 bits per heavy atom. The monoisotopic (exact) mass is 611 g/mol. The SMILES string of the molecule is Cc1cc(OCC[C@@H](C)C2CCN(C(=O)N=C(N)C(C)C)CC2)ccc1[C@H](NOC(=O)C(F)(F)F)C(=O)N1CCC[C@H]1C. The van der Waals surface area contributed by atoms with Gasteiger partial charge in [0.25, 0.3) is 0 Å². The Hall–Kier alpha value is -3.35. The second kappa shape index (κ2) is 14.9. The third kappa shape index (κ3) is 9.32. The summed E-state index contributed by atoms with van der Waals surface area (Å²) in [6, 6.07) is 3.31. The fraction of sp³-hybridized carbons (Fsp3) is 0.667. The van der Waals surface area contributed by atoms with E-state index in [1.54, 1.807) is 34.9 Å². The number of carbonyl (C=O) groups excluding carboxylic acids is 3. The molecule has 2 fully saturated rings. The molecule has 3 N–H and O–H groups in total. The molecule has 2 aliphatic rings. The van der Waals surface area contributed by atoms with Crippen molar-refractivity contribution in [3.05, 3.63) is 29.3 Å². The summed E-state index contributed by atoms with van der Waals surface area (Å²) in [4.78, 5) is 48.7. The lowest BCUT2D eigenvalue weighted by molar-refractivity contribution is -0.209. The first kappa shape index (κ1) is 34.1. The molecule has 2 heterocycles. The highest BCUT2D eigenvalue weighted by Gasteiger charge is 2.43. The molecule has 240 valence electrons. The highest BCUT2D eigenvalue weighted by Crippen LogP contribution is 2.30. The van der Waals surface area contributed by atoms with Crippen LogP contribution in [-0.4, -0.2) is 72.0 Å². The average molecular weight is 612 g/mol. The maximum absolute atomic E-state index is 13.3. The second-order valence-corrected chi connectivity index (χ2v) is 11.9. The van der Waals surface area contributed by atoms with Crippen LogP contribution in [0.25, 0.3) is 0 Å². The molecule has 13 heteroatoms. The van der Waals surface area contributed by atoms with E-state index in [2.05, 4.69) is 22.2 Å². The van der Waals surface area contributed by atoms with Crippen molar-refractivity contribution >= 4 is 23.7 Å². The Morgan fingerprint density at radius 3 is 2.35 bits per heavy atom. The van der Waals surface area contributed by atoms with Gasteiger partial charge in [0.1, 0.15) is 17.6 Å². The van der Waals surface area contributed by atoms with Crippen LogP contribution < -0.4 is 16.0 Å². The number of nitrogens with two attached hydrogens (primary N) is 1. The Morgan fingerprint density at radius 1 is 1.12 bits per heavy atom. The molecule has 0 bridgehead atoms. The summed E-state index contributed by atoms with van der Waals surface area (Å²) in [5.41, 5.74) is 8.90. The number of piperidine rings is 1. The number of hydrogen-bond acceptors (Lipinski definition) is 6. The summed E-state index contributed by atoms with van der Waals surface area (Å²) in [5.74, 6) is -1.18. The smallest absolute Gasteiger partial charge is 0.492 e. The molecular weight excluding hydrogens is 567 g/mol. The fourth-order valence-corrected chi connectivity index (χ4v) is 5.47. The van der Waals surface area contributed by atoms with Crippen molar-refractivity contribution in [2.24, 2.45) is 28.5 Å². The maximum atomic E-state index is 13.3. The van der Waals surface area contributed by atoms with Crippen LogP contribution in [0.3, 0.4) is 0 Å². The van der Waals surface area contributed by atoms with Crippen molar-refractivity contribution in [2.45, 2.75) is 85.0 Å². The molecule has 0 aliphatic carbocycles. The van der Waals surface area contributed by atoms with Gasteiger partial charge in [-0.1, -0.05) is 26.8 Å². The van der Waals surface area contributed by atoms with E-state index < -0.39 is 24.1 Å². The molecule has 10 nitrogen and oxygen atoms in total. The molecular formula is C30H44F3N5O5. The zero-order chi connectivity index (χ0) is 31.9. The number of hydroxylamine groups is 1. The number of amidine groups is 1. The lowest BCUT2D eigenvalue weighted by Gasteiger charge is -2.34. The quantitative estimate of drug-likeness (QED) is 0.219.